The number of hydrogen-bond donors (Lipinski definition) is 2. The maximum Gasteiger partial charge on any atom is 0.324 e. The fraction of sp³-hybridized carbons (Fsp3) is 0.769. The fourth-order valence-corrected chi connectivity index (χ4v) is 1.29. The summed E-state index contributed by atoms with van der Waals surface area (Å²) in [5.74, 6) is -1.19. The second-order valence-electron chi connectivity index (χ2n) is 4.30. The first-order chi connectivity index (χ1) is 9.51. The Labute approximate surface area is 119 Å². The van der Waals surface area contributed by atoms with E-state index in [0.29, 0.717) is 19.6 Å². The molecule has 0 aliphatic heterocycles. The number of amides is 1. The zero-order chi connectivity index (χ0) is 15.4. The number of hydrazine groups is 1. The third kappa shape index (κ3) is 9.32. The van der Waals surface area contributed by atoms with Gasteiger partial charge in [0.15, 0.2) is 0 Å². The molecule has 0 bridgehead atoms. The number of carbonyl (C=O) groups excluding carboxylic acids is 3. The maximum absolute atomic E-state index is 11.8. The molecule has 0 heterocycles. The molecule has 0 aliphatic carbocycles. The highest BCUT2D eigenvalue weighted by molar-refractivity contribution is 5.78. The van der Waals surface area contributed by atoms with Gasteiger partial charge in [-0.3, -0.25) is 19.8 Å². The summed E-state index contributed by atoms with van der Waals surface area (Å²) < 4.78 is 9.92. The highest BCUT2D eigenvalue weighted by Gasteiger charge is 2.21. The molecule has 0 radical (unpaired) electrons. The van der Waals surface area contributed by atoms with E-state index in [1.807, 2.05) is 13.8 Å². The summed E-state index contributed by atoms with van der Waals surface area (Å²) in [6.45, 7) is 5.76. The highest BCUT2D eigenvalue weighted by Crippen LogP contribution is 2.02. The summed E-state index contributed by atoms with van der Waals surface area (Å²) in [4.78, 5) is 34.0. The summed E-state index contributed by atoms with van der Waals surface area (Å²) in [5, 5.41) is 0. The molecule has 0 unspecified atom stereocenters. The Balaban J connectivity index is 4.25. The van der Waals surface area contributed by atoms with Crippen LogP contribution in [0.3, 0.4) is 0 Å². The van der Waals surface area contributed by atoms with Crippen molar-refractivity contribution in [1.29, 1.82) is 0 Å². The minimum Gasteiger partial charge on any atom is -0.466 e. The van der Waals surface area contributed by atoms with Gasteiger partial charge in [0.05, 0.1) is 13.2 Å². The zero-order valence-corrected chi connectivity index (χ0v) is 12.4. The van der Waals surface area contributed by atoms with Gasteiger partial charge < -0.3 is 9.47 Å². The lowest BCUT2D eigenvalue weighted by molar-refractivity contribution is -0.148. The van der Waals surface area contributed by atoms with Crippen molar-refractivity contribution < 1.29 is 23.9 Å². The first-order valence-electron chi connectivity index (χ1n) is 6.85. The minimum atomic E-state index is -0.764. The Morgan fingerprint density at radius 2 is 1.65 bits per heavy atom. The summed E-state index contributed by atoms with van der Waals surface area (Å²) in [6, 6.07) is -0.764. The number of ether oxygens (including phenoxy) is 2. The van der Waals surface area contributed by atoms with Crippen LogP contribution in [0.2, 0.25) is 0 Å². The Morgan fingerprint density at radius 1 is 1.05 bits per heavy atom. The summed E-state index contributed by atoms with van der Waals surface area (Å²) in [7, 11) is 0. The number of rotatable bonds is 10. The molecule has 20 heavy (non-hydrogen) atoms. The van der Waals surface area contributed by atoms with Crippen molar-refractivity contribution in [2.75, 3.05) is 13.2 Å². The molecule has 0 aromatic rings. The number of hydrogen-bond acceptors (Lipinski definition) is 6. The van der Waals surface area contributed by atoms with Gasteiger partial charge in [-0.25, -0.2) is 5.43 Å². The van der Waals surface area contributed by atoms with Crippen LogP contribution in [0.4, 0.5) is 0 Å². The van der Waals surface area contributed by atoms with E-state index in [2.05, 4.69) is 10.9 Å². The first kappa shape index (κ1) is 18.4. The Bertz CT molecular complexity index is 320. The lowest BCUT2D eigenvalue weighted by Gasteiger charge is -2.17. The summed E-state index contributed by atoms with van der Waals surface area (Å²) in [6.07, 6.45) is 1.73. The Morgan fingerprint density at radius 3 is 2.20 bits per heavy atom. The molecule has 0 aromatic heterocycles. The van der Waals surface area contributed by atoms with Gasteiger partial charge in [0.25, 0.3) is 0 Å². The van der Waals surface area contributed by atoms with E-state index >= 15 is 0 Å². The molecule has 0 fully saturated rings. The monoisotopic (exact) mass is 288 g/mol. The minimum absolute atomic E-state index is 0.0818. The molecule has 0 aromatic carbocycles. The lowest BCUT2D eigenvalue weighted by atomic mass is 10.1. The van der Waals surface area contributed by atoms with E-state index in [1.54, 1.807) is 0 Å². The molecular weight excluding hydrogens is 264 g/mol. The molecule has 7 heteroatoms. The van der Waals surface area contributed by atoms with Crippen LogP contribution in [-0.4, -0.2) is 37.1 Å². The van der Waals surface area contributed by atoms with Crippen molar-refractivity contribution in [3.8, 4) is 0 Å². The van der Waals surface area contributed by atoms with Crippen molar-refractivity contribution in [3.05, 3.63) is 0 Å². The average Bonchev–Trinajstić information content (AvgIpc) is 2.42. The molecule has 7 nitrogen and oxygen atoms in total. The molecule has 0 saturated carbocycles. The summed E-state index contributed by atoms with van der Waals surface area (Å²) in [5.41, 5.74) is 4.89. The molecule has 1 amide bonds. The van der Waals surface area contributed by atoms with Crippen molar-refractivity contribution >= 4 is 17.8 Å². The van der Waals surface area contributed by atoms with Crippen molar-refractivity contribution in [1.82, 2.24) is 10.9 Å². The third-order valence-electron chi connectivity index (χ3n) is 2.26. The molecule has 0 saturated heterocycles. The largest absolute Gasteiger partial charge is 0.466 e. The fourth-order valence-electron chi connectivity index (χ4n) is 1.29. The predicted molar refractivity (Wildman–Crippen MR) is 72.5 cm³/mol. The zero-order valence-electron chi connectivity index (χ0n) is 12.4. The molecule has 1 atom stereocenters. The van der Waals surface area contributed by atoms with Gasteiger partial charge in [-0.15, -0.1) is 0 Å². The van der Waals surface area contributed by atoms with Gasteiger partial charge in [-0.05, 0) is 19.3 Å². The normalized spacial score (nSPS) is 11.6. The molecule has 2 N–H and O–H groups in total. The van der Waals surface area contributed by atoms with Crippen molar-refractivity contribution in [2.24, 2.45) is 0 Å². The van der Waals surface area contributed by atoms with E-state index in [-0.39, 0.29) is 24.7 Å². The Kier molecular flexibility index (Phi) is 10.3. The van der Waals surface area contributed by atoms with Crippen molar-refractivity contribution in [3.63, 3.8) is 0 Å². The Hall–Kier alpha value is -1.63. The van der Waals surface area contributed by atoms with E-state index in [0.717, 1.165) is 6.42 Å². The van der Waals surface area contributed by atoms with E-state index < -0.39 is 12.0 Å². The van der Waals surface area contributed by atoms with Gasteiger partial charge in [0, 0.05) is 13.3 Å². The van der Waals surface area contributed by atoms with Crippen LogP contribution in [0.5, 0.6) is 0 Å². The quantitative estimate of drug-likeness (QED) is 0.453. The molecule has 0 aliphatic rings. The van der Waals surface area contributed by atoms with Crippen LogP contribution in [0.25, 0.3) is 0 Å². The molecule has 116 valence electrons. The van der Waals surface area contributed by atoms with E-state index in [4.69, 9.17) is 9.47 Å². The second-order valence-corrected chi connectivity index (χ2v) is 4.30. The average molecular weight is 288 g/mol. The van der Waals surface area contributed by atoms with E-state index in [9.17, 15) is 14.4 Å². The maximum atomic E-state index is 11.8. The second kappa shape index (κ2) is 11.2. The van der Waals surface area contributed by atoms with Gasteiger partial charge in [-0.2, -0.15) is 0 Å². The molecule has 0 spiro atoms. The first-order valence-corrected chi connectivity index (χ1v) is 6.85. The number of carbonyl (C=O) groups is 3. The number of nitrogens with one attached hydrogen (secondary N) is 2. The molecular formula is C13H24N2O5. The SMILES string of the molecule is CCCOC(=O)CC[C@H](NNC(C)=O)C(=O)OCCC. The third-order valence-corrected chi connectivity index (χ3v) is 2.26. The summed E-state index contributed by atoms with van der Waals surface area (Å²) >= 11 is 0. The van der Waals surface area contributed by atoms with Crippen LogP contribution >= 0.6 is 0 Å². The van der Waals surface area contributed by atoms with Gasteiger partial charge in [0.1, 0.15) is 6.04 Å². The number of esters is 2. The van der Waals surface area contributed by atoms with Crippen LogP contribution < -0.4 is 10.9 Å². The topological polar surface area (TPSA) is 93.7 Å². The van der Waals surface area contributed by atoms with Crippen LogP contribution in [0.1, 0.15) is 46.5 Å². The standard InChI is InChI=1S/C13H24N2O5/c1-4-8-19-12(17)7-6-11(15-14-10(3)16)13(18)20-9-5-2/h11,15H,4-9H2,1-3H3,(H,14,16)/t11-/m0/s1. The van der Waals surface area contributed by atoms with Crippen LogP contribution in [0.15, 0.2) is 0 Å². The lowest BCUT2D eigenvalue weighted by Crippen LogP contribution is -2.48. The predicted octanol–water partition coefficient (Wildman–Crippen LogP) is 0.682. The smallest absolute Gasteiger partial charge is 0.324 e. The molecule has 0 rings (SSSR count). The van der Waals surface area contributed by atoms with Gasteiger partial charge in [0.2, 0.25) is 5.91 Å². The highest BCUT2D eigenvalue weighted by atomic mass is 16.5. The van der Waals surface area contributed by atoms with Crippen LogP contribution in [0, 0.1) is 0 Å². The van der Waals surface area contributed by atoms with E-state index in [1.165, 1.54) is 6.92 Å². The van der Waals surface area contributed by atoms with Gasteiger partial charge in [-0.1, -0.05) is 13.8 Å². The van der Waals surface area contributed by atoms with Crippen LogP contribution in [-0.2, 0) is 23.9 Å². The van der Waals surface area contributed by atoms with Crippen molar-refractivity contribution in [2.45, 2.75) is 52.5 Å². The van der Waals surface area contributed by atoms with Gasteiger partial charge >= 0.3 is 11.9 Å².